The number of hydrogen-bond acceptors (Lipinski definition) is 4. The maximum Gasteiger partial charge on any atom is 0.191 e. The van der Waals surface area contributed by atoms with Crippen LogP contribution >= 0.6 is 35.6 Å². The highest BCUT2D eigenvalue weighted by Crippen LogP contribution is 2.19. The molecule has 0 amide bonds. The third-order valence-electron chi connectivity index (χ3n) is 2.86. The molecule has 0 radical (unpaired) electrons. The Kier molecular flexibility index (Phi) is 7.48. The van der Waals surface area contributed by atoms with Crippen molar-refractivity contribution in [2.75, 3.05) is 26.7 Å². The zero-order chi connectivity index (χ0) is 12.8. The van der Waals surface area contributed by atoms with E-state index in [4.69, 9.17) is 16.3 Å². The Bertz CT molecular complexity index is 428. The van der Waals surface area contributed by atoms with Gasteiger partial charge in [0, 0.05) is 31.8 Å². The van der Waals surface area contributed by atoms with Gasteiger partial charge in [0.05, 0.1) is 6.10 Å². The van der Waals surface area contributed by atoms with Gasteiger partial charge in [0.1, 0.15) is 0 Å². The molecule has 0 bridgehead atoms. The van der Waals surface area contributed by atoms with Crippen LogP contribution < -0.4 is 10.6 Å². The molecule has 0 aliphatic carbocycles. The molecule has 0 saturated carbocycles. The first kappa shape index (κ1) is 16.5. The summed E-state index contributed by atoms with van der Waals surface area (Å²) in [7, 11) is 1.70. The summed E-state index contributed by atoms with van der Waals surface area (Å²) in [4.78, 5) is 4.36. The zero-order valence-electron chi connectivity index (χ0n) is 10.9. The third-order valence-corrected chi connectivity index (χ3v) is 3.09. The molecule has 2 N–H and O–H groups in total. The molecule has 1 aromatic rings. The van der Waals surface area contributed by atoms with Crippen molar-refractivity contribution in [2.24, 2.45) is 4.99 Å². The summed E-state index contributed by atoms with van der Waals surface area (Å²) in [6.45, 7) is 2.52. The minimum Gasteiger partial charge on any atom is -0.375 e. The average Bonchev–Trinajstić information content (AvgIpc) is 2.41. The van der Waals surface area contributed by atoms with Crippen LogP contribution in [0.5, 0.6) is 0 Å². The number of nitrogens with one attached hydrogen (secondary N) is 2. The van der Waals surface area contributed by atoms with E-state index in [1.807, 2.05) is 24.3 Å². The number of rotatable bonds is 4. The summed E-state index contributed by atoms with van der Waals surface area (Å²) >= 11 is 5.98. The predicted molar refractivity (Wildman–Crippen MR) is 89.5 cm³/mol. The van der Waals surface area contributed by atoms with E-state index in [1.165, 1.54) is 0 Å². The van der Waals surface area contributed by atoms with Gasteiger partial charge in [0.2, 0.25) is 0 Å². The van der Waals surface area contributed by atoms with Gasteiger partial charge >= 0.3 is 0 Å². The Morgan fingerprint density at radius 3 is 3.00 bits per heavy atom. The van der Waals surface area contributed by atoms with Crippen molar-refractivity contribution in [1.82, 2.24) is 10.6 Å². The van der Waals surface area contributed by atoms with Crippen LogP contribution in [0.15, 0.2) is 29.3 Å². The fourth-order valence-corrected chi connectivity index (χ4v) is 2.08. The van der Waals surface area contributed by atoms with E-state index in [1.54, 1.807) is 7.11 Å². The molecule has 1 aromatic carbocycles. The number of methoxy groups -OCH3 is 1. The van der Waals surface area contributed by atoms with E-state index in [2.05, 4.69) is 15.6 Å². The SMILES string of the molecule is COC(CNC1=NCCCN1)c1cccc(Cl)c1.I. The van der Waals surface area contributed by atoms with E-state index in [0.717, 1.165) is 36.1 Å². The van der Waals surface area contributed by atoms with E-state index in [-0.39, 0.29) is 30.1 Å². The molecule has 1 aliphatic heterocycles. The summed E-state index contributed by atoms with van der Waals surface area (Å²) in [6, 6.07) is 7.73. The molecule has 6 heteroatoms. The van der Waals surface area contributed by atoms with Crippen molar-refractivity contribution < 1.29 is 4.74 Å². The second-order valence-electron chi connectivity index (χ2n) is 4.17. The van der Waals surface area contributed by atoms with Crippen LogP contribution in [0.25, 0.3) is 0 Å². The van der Waals surface area contributed by atoms with Gasteiger partial charge in [-0.25, -0.2) is 0 Å². The first-order valence-electron chi connectivity index (χ1n) is 6.10. The minimum absolute atomic E-state index is 0. The lowest BCUT2D eigenvalue weighted by atomic mass is 10.1. The first-order valence-corrected chi connectivity index (χ1v) is 6.48. The largest absolute Gasteiger partial charge is 0.375 e. The summed E-state index contributed by atoms with van der Waals surface area (Å²) in [5.74, 6) is 0.852. The number of halogens is 2. The van der Waals surface area contributed by atoms with Gasteiger partial charge in [0.25, 0.3) is 0 Å². The molecule has 0 aromatic heterocycles. The van der Waals surface area contributed by atoms with Crippen LogP contribution in [0.1, 0.15) is 18.1 Å². The van der Waals surface area contributed by atoms with Crippen molar-refractivity contribution in [3.8, 4) is 0 Å². The molecule has 106 valence electrons. The van der Waals surface area contributed by atoms with Crippen molar-refractivity contribution in [2.45, 2.75) is 12.5 Å². The maximum atomic E-state index is 5.98. The predicted octanol–water partition coefficient (Wildman–Crippen LogP) is 2.58. The van der Waals surface area contributed by atoms with Crippen LogP contribution in [0.3, 0.4) is 0 Å². The second-order valence-corrected chi connectivity index (χ2v) is 4.61. The number of ether oxygens (including phenoxy) is 1. The van der Waals surface area contributed by atoms with Crippen LogP contribution in [-0.4, -0.2) is 32.7 Å². The van der Waals surface area contributed by atoms with E-state index in [9.17, 15) is 0 Å². The number of guanidine groups is 1. The first-order chi connectivity index (χ1) is 8.79. The second kappa shape index (κ2) is 8.60. The molecule has 2 rings (SSSR count). The van der Waals surface area contributed by atoms with Gasteiger partial charge < -0.3 is 15.4 Å². The Morgan fingerprint density at radius 1 is 1.53 bits per heavy atom. The zero-order valence-corrected chi connectivity index (χ0v) is 13.9. The molecular weight excluding hydrogens is 377 g/mol. The molecular formula is C13H19ClIN3O. The molecule has 4 nitrogen and oxygen atoms in total. The summed E-state index contributed by atoms with van der Waals surface area (Å²) in [5.41, 5.74) is 1.06. The van der Waals surface area contributed by atoms with Gasteiger partial charge in [-0.05, 0) is 24.1 Å². The van der Waals surface area contributed by atoms with Gasteiger partial charge in [0.15, 0.2) is 5.96 Å². The highest BCUT2D eigenvalue weighted by Gasteiger charge is 2.12. The maximum absolute atomic E-state index is 5.98. The van der Waals surface area contributed by atoms with E-state index in [0.29, 0.717) is 6.54 Å². The smallest absolute Gasteiger partial charge is 0.191 e. The number of benzene rings is 1. The fourth-order valence-electron chi connectivity index (χ4n) is 1.88. The lowest BCUT2D eigenvalue weighted by Gasteiger charge is -2.20. The quantitative estimate of drug-likeness (QED) is 0.770. The number of hydrogen-bond donors (Lipinski definition) is 2. The standard InChI is InChI=1S/C13H18ClN3O.HI/c1-18-12(10-4-2-5-11(14)8-10)9-17-13-15-6-3-7-16-13;/h2,4-5,8,12H,3,6-7,9H2,1H3,(H2,15,16,17);1H. The van der Waals surface area contributed by atoms with Gasteiger partial charge in [-0.3, -0.25) is 4.99 Å². The molecule has 1 aliphatic rings. The monoisotopic (exact) mass is 395 g/mol. The van der Waals surface area contributed by atoms with Crippen molar-refractivity contribution in [3.63, 3.8) is 0 Å². The molecule has 1 heterocycles. The molecule has 1 unspecified atom stereocenters. The van der Waals surface area contributed by atoms with Crippen molar-refractivity contribution in [3.05, 3.63) is 34.9 Å². The third kappa shape index (κ3) is 5.16. The average molecular weight is 396 g/mol. The lowest BCUT2D eigenvalue weighted by Crippen LogP contribution is -2.42. The van der Waals surface area contributed by atoms with E-state index < -0.39 is 0 Å². The Hall–Kier alpha value is -0.530. The Morgan fingerprint density at radius 2 is 2.37 bits per heavy atom. The Balaban J connectivity index is 0.00000180. The fraction of sp³-hybridized carbons (Fsp3) is 0.462. The highest BCUT2D eigenvalue weighted by molar-refractivity contribution is 14.0. The molecule has 0 saturated heterocycles. The molecule has 1 atom stereocenters. The number of aliphatic imine (C=N–C) groups is 1. The topological polar surface area (TPSA) is 45.6 Å². The van der Waals surface area contributed by atoms with Gasteiger partial charge in [-0.2, -0.15) is 0 Å². The molecule has 0 spiro atoms. The van der Waals surface area contributed by atoms with Crippen LogP contribution in [0.4, 0.5) is 0 Å². The van der Waals surface area contributed by atoms with E-state index >= 15 is 0 Å². The summed E-state index contributed by atoms with van der Waals surface area (Å²) < 4.78 is 5.48. The van der Waals surface area contributed by atoms with Crippen LogP contribution in [0, 0.1) is 0 Å². The van der Waals surface area contributed by atoms with Gasteiger partial charge in [-0.1, -0.05) is 23.7 Å². The molecule has 0 fully saturated rings. The van der Waals surface area contributed by atoms with Gasteiger partial charge in [-0.15, -0.1) is 24.0 Å². The number of nitrogens with zero attached hydrogens (tertiary/aromatic N) is 1. The summed E-state index contributed by atoms with van der Waals surface area (Å²) in [5, 5.41) is 7.20. The van der Waals surface area contributed by atoms with Crippen molar-refractivity contribution in [1.29, 1.82) is 0 Å². The van der Waals surface area contributed by atoms with Crippen molar-refractivity contribution >= 4 is 41.5 Å². The van der Waals surface area contributed by atoms with Crippen LogP contribution in [-0.2, 0) is 4.74 Å². The lowest BCUT2D eigenvalue weighted by molar-refractivity contribution is 0.106. The minimum atomic E-state index is -0.0323. The highest BCUT2D eigenvalue weighted by atomic mass is 127. The van der Waals surface area contributed by atoms with Crippen LogP contribution in [0.2, 0.25) is 5.02 Å². The summed E-state index contributed by atoms with van der Waals surface area (Å²) in [6.07, 6.45) is 1.06. The molecule has 19 heavy (non-hydrogen) atoms. The normalized spacial score (nSPS) is 15.8. The Labute approximate surface area is 136 Å².